The Kier molecular flexibility index (Phi) is 4.23. The lowest BCUT2D eigenvalue weighted by Gasteiger charge is -1.77. The molecule has 0 aliphatic heterocycles. The fourth-order valence-corrected chi connectivity index (χ4v) is 0.158. The van der Waals surface area contributed by atoms with Crippen molar-refractivity contribution in [2.45, 2.75) is 0 Å². The van der Waals surface area contributed by atoms with Gasteiger partial charge in [0.1, 0.15) is 0 Å². The first-order valence-corrected chi connectivity index (χ1v) is 1.87. The smallest absolute Gasteiger partial charge is 0.0721 e. The Bertz CT molecular complexity index is 41.3. The van der Waals surface area contributed by atoms with Gasteiger partial charge in [-0.05, 0) is 0 Å². The van der Waals surface area contributed by atoms with Crippen LogP contribution in [-0.4, -0.2) is 20.1 Å². The second-order valence-corrected chi connectivity index (χ2v) is 0.854. The second-order valence-electron chi connectivity index (χ2n) is 0.854. The first-order chi connectivity index (χ1) is 2.91. The van der Waals surface area contributed by atoms with E-state index in [4.69, 9.17) is 5.73 Å². The van der Waals surface area contributed by atoms with Gasteiger partial charge in [0, 0.05) is 13.6 Å². The van der Waals surface area contributed by atoms with Crippen molar-refractivity contribution in [1.82, 2.24) is 0 Å². The molecule has 0 aromatic rings. The Morgan fingerprint density at radius 1 is 1.67 bits per heavy atom. The Morgan fingerprint density at radius 3 is 2.50 bits per heavy atom. The van der Waals surface area contributed by atoms with E-state index in [9.17, 15) is 0 Å². The van der Waals surface area contributed by atoms with Crippen molar-refractivity contribution in [3.8, 4) is 0 Å². The Hall–Kier alpha value is -0.440. The van der Waals surface area contributed by atoms with E-state index in [2.05, 4.69) is 10.2 Å². The number of rotatable bonds is 2. The Balaban J connectivity index is 2.66. The van der Waals surface area contributed by atoms with Gasteiger partial charge in [-0.25, -0.2) is 0 Å². The van der Waals surface area contributed by atoms with Crippen LogP contribution < -0.4 is 5.73 Å². The molecule has 0 unspecified atom stereocenters. The van der Waals surface area contributed by atoms with Crippen molar-refractivity contribution in [3.63, 3.8) is 0 Å². The highest BCUT2D eigenvalue weighted by molar-refractivity contribution is 4.33. The first kappa shape index (κ1) is 5.56. The van der Waals surface area contributed by atoms with E-state index < -0.39 is 0 Å². The van der Waals surface area contributed by atoms with Crippen LogP contribution in [0.15, 0.2) is 10.2 Å². The van der Waals surface area contributed by atoms with Crippen molar-refractivity contribution in [3.05, 3.63) is 0 Å². The number of hydrogen-bond donors (Lipinski definition) is 1. The first-order valence-electron chi connectivity index (χ1n) is 1.87. The second kappa shape index (κ2) is 4.56. The number of azo groups is 1. The Morgan fingerprint density at radius 2 is 2.33 bits per heavy atom. The summed E-state index contributed by atoms with van der Waals surface area (Å²) in [5.41, 5.74) is 5.06. The highest BCUT2D eigenvalue weighted by Gasteiger charge is 1.65. The van der Waals surface area contributed by atoms with E-state index in [0.717, 1.165) is 0 Å². The van der Waals surface area contributed by atoms with Crippen molar-refractivity contribution in [1.29, 1.82) is 0 Å². The summed E-state index contributed by atoms with van der Waals surface area (Å²) in [6.07, 6.45) is 0. The molecule has 0 atom stereocenters. The van der Waals surface area contributed by atoms with Crippen molar-refractivity contribution >= 4 is 0 Å². The van der Waals surface area contributed by atoms with Crippen molar-refractivity contribution in [2.24, 2.45) is 16.0 Å². The molecule has 0 fully saturated rings. The van der Waals surface area contributed by atoms with Gasteiger partial charge < -0.3 is 5.73 Å². The molecule has 0 aliphatic carbocycles. The molecule has 0 bridgehead atoms. The van der Waals surface area contributed by atoms with E-state index >= 15 is 0 Å². The summed E-state index contributed by atoms with van der Waals surface area (Å²) in [5.74, 6) is 0. The SMILES string of the molecule is CN=NCCN. The third kappa shape index (κ3) is 3.56. The molecule has 36 valence electrons. The van der Waals surface area contributed by atoms with Crippen molar-refractivity contribution < 1.29 is 0 Å². The maximum Gasteiger partial charge on any atom is 0.0721 e. The van der Waals surface area contributed by atoms with Gasteiger partial charge in [-0.1, -0.05) is 0 Å². The normalized spacial score (nSPS) is 10.3. The largest absolute Gasteiger partial charge is 0.329 e. The van der Waals surface area contributed by atoms with Crippen LogP contribution in [0.3, 0.4) is 0 Å². The average Bonchev–Trinajstić information content (AvgIpc) is 1.61. The lowest BCUT2D eigenvalue weighted by molar-refractivity contribution is 0.896. The van der Waals surface area contributed by atoms with Gasteiger partial charge in [0.25, 0.3) is 0 Å². The van der Waals surface area contributed by atoms with E-state index in [0.29, 0.717) is 13.1 Å². The van der Waals surface area contributed by atoms with Crippen LogP contribution in [0.2, 0.25) is 0 Å². The molecule has 0 aromatic heterocycles. The van der Waals surface area contributed by atoms with Crippen LogP contribution in [0.4, 0.5) is 0 Å². The zero-order valence-electron chi connectivity index (χ0n) is 3.89. The summed E-state index contributed by atoms with van der Waals surface area (Å²) >= 11 is 0. The zero-order chi connectivity index (χ0) is 4.83. The van der Waals surface area contributed by atoms with Crippen LogP contribution in [0.25, 0.3) is 0 Å². The van der Waals surface area contributed by atoms with Gasteiger partial charge in [0.05, 0.1) is 6.54 Å². The fourth-order valence-electron chi connectivity index (χ4n) is 0.158. The molecule has 0 heterocycles. The van der Waals surface area contributed by atoms with E-state index in [1.54, 1.807) is 7.05 Å². The molecule has 0 spiro atoms. The maximum atomic E-state index is 5.06. The van der Waals surface area contributed by atoms with Crippen LogP contribution in [0, 0.1) is 0 Å². The molecular weight excluding hydrogens is 78.1 g/mol. The summed E-state index contributed by atoms with van der Waals surface area (Å²) in [6.45, 7) is 1.24. The van der Waals surface area contributed by atoms with Crippen LogP contribution in [0.1, 0.15) is 0 Å². The number of nitrogens with zero attached hydrogens (tertiary/aromatic N) is 2. The van der Waals surface area contributed by atoms with E-state index in [1.807, 2.05) is 0 Å². The standard InChI is InChI=1S/C3H9N3/c1-5-6-3-2-4/h2-4H2,1H3. The van der Waals surface area contributed by atoms with Gasteiger partial charge in [-0.2, -0.15) is 10.2 Å². The molecule has 6 heavy (non-hydrogen) atoms. The van der Waals surface area contributed by atoms with Gasteiger partial charge in [-0.15, -0.1) is 0 Å². The highest BCUT2D eigenvalue weighted by Crippen LogP contribution is 1.63. The molecule has 0 amide bonds. The van der Waals surface area contributed by atoms with Gasteiger partial charge in [0.2, 0.25) is 0 Å². The maximum absolute atomic E-state index is 5.06. The minimum absolute atomic E-state index is 0.595. The summed E-state index contributed by atoms with van der Waals surface area (Å²) in [6, 6.07) is 0. The van der Waals surface area contributed by atoms with Crippen LogP contribution >= 0.6 is 0 Å². The quantitative estimate of drug-likeness (QED) is 0.474. The molecule has 3 nitrogen and oxygen atoms in total. The number of nitrogens with two attached hydrogens (primary N) is 1. The topological polar surface area (TPSA) is 50.7 Å². The van der Waals surface area contributed by atoms with Gasteiger partial charge in [0.15, 0.2) is 0 Å². The fraction of sp³-hybridized carbons (Fsp3) is 1.00. The predicted octanol–water partition coefficient (Wildman–Crippen LogP) is 0.0271. The van der Waals surface area contributed by atoms with Gasteiger partial charge >= 0.3 is 0 Å². The third-order valence-electron chi connectivity index (χ3n) is 0.371. The highest BCUT2D eigenvalue weighted by atomic mass is 15.1. The lowest BCUT2D eigenvalue weighted by atomic mass is 10.7. The third-order valence-corrected chi connectivity index (χ3v) is 0.371. The van der Waals surface area contributed by atoms with Crippen LogP contribution in [0.5, 0.6) is 0 Å². The number of hydrogen-bond acceptors (Lipinski definition) is 3. The monoisotopic (exact) mass is 87.1 g/mol. The minimum atomic E-state index is 0.595. The van der Waals surface area contributed by atoms with E-state index in [1.165, 1.54) is 0 Å². The molecular formula is C3H9N3. The van der Waals surface area contributed by atoms with Crippen LogP contribution in [-0.2, 0) is 0 Å². The molecule has 0 saturated heterocycles. The molecule has 2 N–H and O–H groups in total. The predicted molar refractivity (Wildman–Crippen MR) is 24.7 cm³/mol. The molecule has 0 saturated carbocycles. The summed E-state index contributed by atoms with van der Waals surface area (Å²) in [4.78, 5) is 0. The molecule has 3 heteroatoms. The summed E-state index contributed by atoms with van der Waals surface area (Å²) in [7, 11) is 1.63. The lowest BCUT2D eigenvalue weighted by Crippen LogP contribution is -2.00. The average molecular weight is 87.1 g/mol. The van der Waals surface area contributed by atoms with Crippen molar-refractivity contribution in [2.75, 3.05) is 20.1 Å². The summed E-state index contributed by atoms with van der Waals surface area (Å²) < 4.78 is 0. The van der Waals surface area contributed by atoms with Gasteiger partial charge in [-0.3, -0.25) is 0 Å². The molecule has 0 aliphatic rings. The molecule has 0 radical (unpaired) electrons. The Labute approximate surface area is 37.3 Å². The summed E-state index contributed by atoms with van der Waals surface area (Å²) in [5, 5.41) is 7.06. The molecule has 0 rings (SSSR count). The van der Waals surface area contributed by atoms with E-state index in [-0.39, 0.29) is 0 Å². The zero-order valence-corrected chi connectivity index (χ0v) is 3.89. The minimum Gasteiger partial charge on any atom is -0.329 e. The molecule has 0 aromatic carbocycles.